The molecule has 1 aromatic carbocycles. The Bertz CT molecular complexity index is 1160. The number of benzene rings is 1. The second-order valence-corrected chi connectivity index (χ2v) is 12.6. The third kappa shape index (κ3) is 5.44. The molecule has 3 aliphatic rings. The molecule has 3 heterocycles. The number of hydrogen-bond acceptors (Lipinski definition) is 5. The third-order valence-electron chi connectivity index (χ3n) is 9.50. The highest BCUT2D eigenvalue weighted by Crippen LogP contribution is 2.65. The Morgan fingerprint density at radius 3 is 2.33 bits per heavy atom. The van der Waals surface area contributed by atoms with Crippen molar-refractivity contribution in [2.24, 2.45) is 17.8 Å². The molecule has 0 aromatic heterocycles. The van der Waals surface area contributed by atoms with Crippen LogP contribution in [0.2, 0.25) is 0 Å². The second kappa shape index (κ2) is 13.1. The maximum absolute atomic E-state index is 14.7. The number of carbonyl (C=O) groups is 3. The van der Waals surface area contributed by atoms with Crippen molar-refractivity contribution >= 4 is 17.7 Å². The zero-order chi connectivity index (χ0) is 30.7. The van der Waals surface area contributed by atoms with Crippen molar-refractivity contribution in [1.82, 2.24) is 14.7 Å². The maximum Gasteiger partial charge on any atom is 0.249 e. The van der Waals surface area contributed by atoms with E-state index in [1.54, 1.807) is 26.9 Å². The average Bonchev–Trinajstić information content (AvgIpc) is 3.59. The molecule has 3 saturated heterocycles. The predicted octanol–water partition coefficient (Wildman–Crippen LogP) is 4.19. The van der Waals surface area contributed by atoms with Gasteiger partial charge in [-0.15, -0.1) is 13.2 Å². The quantitative estimate of drug-likeness (QED) is 0.315. The summed E-state index contributed by atoms with van der Waals surface area (Å²) >= 11 is 0. The molecule has 8 nitrogen and oxygen atoms in total. The minimum absolute atomic E-state index is 0.108. The van der Waals surface area contributed by atoms with Gasteiger partial charge in [0.15, 0.2) is 0 Å². The molecule has 3 amide bonds. The number of carbonyl (C=O) groups excluding carboxylic acids is 3. The number of rotatable bonds is 15. The van der Waals surface area contributed by atoms with Gasteiger partial charge >= 0.3 is 0 Å². The smallest absolute Gasteiger partial charge is 0.249 e. The maximum atomic E-state index is 14.7. The normalized spacial score (nSPS) is 28.6. The minimum atomic E-state index is -1.14. The first kappa shape index (κ1) is 32.0. The van der Waals surface area contributed by atoms with Crippen molar-refractivity contribution in [3.05, 3.63) is 61.2 Å². The average molecular weight is 580 g/mol. The molecule has 1 spiro atoms. The Morgan fingerprint density at radius 1 is 1.10 bits per heavy atom. The lowest BCUT2D eigenvalue weighted by Crippen LogP contribution is -2.59. The summed E-state index contributed by atoms with van der Waals surface area (Å²) in [7, 11) is 0. The first-order chi connectivity index (χ1) is 20.1. The van der Waals surface area contributed by atoms with Gasteiger partial charge in [-0.3, -0.25) is 14.4 Å². The molecule has 0 saturated carbocycles. The fraction of sp³-hybridized carbons (Fsp3) is 0.618. The summed E-state index contributed by atoms with van der Waals surface area (Å²) in [6.07, 6.45) is 6.40. The second-order valence-electron chi connectivity index (χ2n) is 12.6. The highest BCUT2D eigenvalue weighted by Gasteiger charge is 2.79. The lowest BCUT2D eigenvalue weighted by molar-refractivity contribution is -0.158. The van der Waals surface area contributed by atoms with Gasteiger partial charge in [0.25, 0.3) is 0 Å². The summed E-state index contributed by atoms with van der Waals surface area (Å²) < 4.78 is 6.98. The van der Waals surface area contributed by atoms with Crippen molar-refractivity contribution < 1.29 is 24.2 Å². The molecule has 8 heteroatoms. The van der Waals surface area contributed by atoms with Gasteiger partial charge in [0.1, 0.15) is 11.6 Å². The van der Waals surface area contributed by atoms with Crippen LogP contribution in [0.5, 0.6) is 0 Å². The van der Waals surface area contributed by atoms with Gasteiger partial charge in [-0.1, -0.05) is 70.2 Å². The highest BCUT2D eigenvalue weighted by molar-refractivity contribution is 5.99. The summed E-state index contributed by atoms with van der Waals surface area (Å²) in [4.78, 5) is 48.8. The van der Waals surface area contributed by atoms with Gasteiger partial charge in [-0.25, -0.2) is 0 Å². The number of aliphatic hydroxyl groups is 1. The van der Waals surface area contributed by atoms with Gasteiger partial charge in [0.2, 0.25) is 17.7 Å². The minimum Gasteiger partial charge on any atom is -0.394 e. The van der Waals surface area contributed by atoms with Crippen molar-refractivity contribution in [3.63, 3.8) is 0 Å². The highest BCUT2D eigenvalue weighted by atomic mass is 16.5. The Balaban J connectivity index is 1.84. The first-order valence-electron chi connectivity index (χ1n) is 15.6. The SMILES string of the molecule is C=CCN(Cc1ccccc1)C(=O)C1N([C@@H](CO)CC(C)C)C(=O)[C@@H]2[C@H](C(=O)N(CC=C)CCC)[C@]3(CC)CCC12O3. The summed E-state index contributed by atoms with van der Waals surface area (Å²) in [5.74, 6) is -1.90. The Kier molecular flexibility index (Phi) is 9.99. The molecule has 3 fully saturated rings. The molecule has 2 bridgehead atoms. The fourth-order valence-electron chi connectivity index (χ4n) is 7.80. The van der Waals surface area contributed by atoms with E-state index >= 15 is 0 Å². The Labute approximate surface area is 251 Å². The van der Waals surface area contributed by atoms with Crippen molar-refractivity contribution in [2.75, 3.05) is 26.2 Å². The van der Waals surface area contributed by atoms with E-state index < -0.39 is 35.1 Å². The van der Waals surface area contributed by atoms with E-state index in [2.05, 4.69) is 13.2 Å². The fourth-order valence-corrected chi connectivity index (χ4v) is 7.80. The standard InChI is InChI=1S/C34H49N3O5/c1-7-18-35(19-8-2)30(39)27-28-31(40)37(26(23-38)21-24(5)6)29(34(28)17-16-33(27,10-4)42-34)32(41)36(20-9-3)22-25-14-12-11-13-15-25/h7,9,11-15,24,26-29,38H,1,3,8,10,16-23H2,2,4-6H3/t26-,27-,28+,29?,33+,34?/m1/s1. The van der Waals surface area contributed by atoms with Crippen LogP contribution in [0.25, 0.3) is 0 Å². The van der Waals surface area contributed by atoms with Crippen LogP contribution in [0.3, 0.4) is 0 Å². The van der Waals surface area contributed by atoms with E-state index in [1.165, 1.54) is 0 Å². The lowest BCUT2D eigenvalue weighted by Gasteiger charge is -2.40. The van der Waals surface area contributed by atoms with E-state index in [0.29, 0.717) is 51.9 Å². The van der Waals surface area contributed by atoms with Crippen LogP contribution >= 0.6 is 0 Å². The van der Waals surface area contributed by atoms with Crippen LogP contribution < -0.4 is 0 Å². The molecule has 4 rings (SSSR count). The molecule has 42 heavy (non-hydrogen) atoms. The van der Waals surface area contributed by atoms with Crippen LogP contribution in [0.4, 0.5) is 0 Å². The molecular formula is C34H49N3O5. The van der Waals surface area contributed by atoms with Crippen LogP contribution in [0, 0.1) is 17.8 Å². The van der Waals surface area contributed by atoms with E-state index in [-0.39, 0.29) is 30.2 Å². The molecule has 6 atom stereocenters. The number of amides is 3. The number of likely N-dealkylation sites (tertiary alicyclic amines) is 1. The Hall–Kier alpha value is -2.97. The molecule has 1 N–H and O–H groups in total. The van der Waals surface area contributed by atoms with Crippen LogP contribution in [-0.2, 0) is 25.7 Å². The summed E-state index contributed by atoms with van der Waals surface area (Å²) in [5, 5.41) is 10.6. The van der Waals surface area contributed by atoms with E-state index in [4.69, 9.17) is 4.74 Å². The summed E-state index contributed by atoms with van der Waals surface area (Å²) in [6, 6.07) is 8.23. The third-order valence-corrected chi connectivity index (χ3v) is 9.50. The topological polar surface area (TPSA) is 90.4 Å². The Morgan fingerprint density at radius 2 is 1.76 bits per heavy atom. The van der Waals surface area contributed by atoms with Gasteiger partial charge in [-0.05, 0) is 43.6 Å². The van der Waals surface area contributed by atoms with Crippen molar-refractivity contribution in [2.45, 2.75) is 89.6 Å². The van der Waals surface area contributed by atoms with Crippen LogP contribution in [-0.4, -0.2) is 87.1 Å². The van der Waals surface area contributed by atoms with Crippen LogP contribution in [0.15, 0.2) is 55.6 Å². The van der Waals surface area contributed by atoms with Gasteiger partial charge in [0, 0.05) is 26.2 Å². The van der Waals surface area contributed by atoms with Gasteiger partial charge in [-0.2, -0.15) is 0 Å². The number of ether oxygens (including phenoxy) is 1. The molecule has 0 radical (unpaired) electrons. The predicted molar refractivity (Wildman–Crippen MR) is 163 cm³/mol. The van der Waals surface area contributed by atoms with E-state index in [1.807, 2.05) is 58.0 Å². The monoisotopic (exact) mass is 579 g/mol. The number of aliphatic hydroxyl groups excluding tert-OH is 1. The zero-order valence-electron chi connectivity index (χ0n) is 25.8. The lowest BCUT2D eigenvalue weighted by atomic mass is 9.64. The van der Waals surface area contributed by atoms with Gasteiger partial charge in [0.05, 0.1) is 30.1 Å². The molecule has 0 aliphatic carbocycles. The van der Waals surface area contributed by atoms with E-state index in [9.17, 15) is 19.5 Å². The molecule has 2 unspecified atom stereocenters. The van der Waals surface area contributed by atoms with Crippen molar-refractivity contribution in [1.29, 1.82) is 0 Å². The molecule has 3 aliphatic heterocycles. The molecule has 230 valence electrons. The number of hydrogen-bond donors (Lipinski definition) is 1. The van der Waals surface area contributed by atoms with E-state index in [0.717, 1.165) is 12.0 Å². The zero-order valence-corrected chi connectivity index (χ0v) is 25.8. The summed E-state index contributed by atoms with van der Waals surface area (Å²) in [5.41, 5.74) is -0.991. The molecule has 1 aromatic rings. The summed E-state index contributed by atoms with van der Waals surface area (Å²) in [6.45, 7) is 17.2. The number of fused-ring (bicyclic) bond motifs is 1. The van der Waals surface area contributed by atoms with Crippen LogP contribution in [0.1, 0.15) is 65.4 Å². The van der Waals surface area contributed by atoms with Crippen molar-refractivity contribution in [3.8, 4) is 0 Å². The number of nitrogens with zero attached hydrogens (tertiary/aromatic N) is 3. The first-order valence-corrected chi connectivity index (χ1v) is 15.6. The molecular weight excluding hydrogens is 530 g/mol. The largest absolute Gasteiger partial charge is 0.394 e. The van der Waals surface area contributed by atoms with Gasteiger partial charge < -0.3 is 24.5 Å².